The molecular weight excluding hydrogens is 170 g/mol. The van der Waals surface area contributed by atoms with Gasteiger partial charge in [-0.3, -0.25) is 0 Å². The Morgan fingerprint density at radius 2 is 2.00 bits per heavy atom. The van der Waals surface area contributed by atoms with Crippen LogP contribution in [0.25, 0.3) is 0 Å². The lowest BCUT2D eigenvalue weighted by Crippen LogP contribution is -2.22. The molecule has 1 aliphatic carbocycles. The van der Waals surface area contributed by atoms with Crippen LogP contribution in [0.15, 0.2) is 24.3 Å². The Balaban J connectivity index is 0.000000720. The lowest BCUT2D eigenvalue weighted by atomic mass is 10.0. The monoisotopic (exact) mass is 183 g/mol. The third kappa shape index (κ3) is 1.35. The van der Waals surface area contributed by atoms with E-state index < -0.39 is 0 Å². The number of benzene rings is 1. The summed E-state index contributed by atoms with van der Waals surface area (Å²) in [6.07, 6.45) is 1.05. The van der Waals surface area contributed by atoms with Crippen LogP contribution in [0.3, 0.4) is 0 Å². The highest BCUT2D eigenvalue weighted by molar-refractivity contribution is 5.85. The Morgan fingerprint density at radius 3 is 2.67 bits per heavy atom. The van der Waals surface area contributed by atoms with Crippen LogP contribution in [0.4, 0.5) is 0 Å². The van der Waals surface area contributed by atoms with Gasteiger partial charge in [0.2, 0.25) is 0 Å². The van der Waals surface area contributed by atoms with Crippen molar-refractivity contribution in [3.05, 3.63) is 35.4 Å². The molecule has 0 spiro atoms. The lowest BCUT2D eigenvalue weighted by Gasteiger charge is -2.08. The molecule has 0 bridgehead atoms. The first-order valence-corrected chi connectivity index (χ1v) is 4.12. The van der Waals surface area contributed by atoms with E-state index in [-0.39, 0.29) is 12.4 Å². The molecule has 0 heterocycles. The van der Waals surface area contributed by atoms with Gasteiger partial charge in [0.25, 0.3) is 0 Å². The Hall–Kier alpha value is -0.530. The van der Waals surface area contributed by atoms with Gasteiger partial charge in [0.15, 0.2) is 0 Å². The van der Waals surface area contributed by atoms with Crippen LogP contribution < -0.4 is 5.73 Å². The summed E-state index contributed by atoms with van der Waals surface area (Å²) in [5, 5.41) is 0. The molecule has 1 aromatic rings. The summed E-state index contributed by atoms with van der Waals surface area (Å²) < 4.78 is 0. The van der Waals surface area contributed by atoms with E-state index in [0.717, 1.165) is 6.42 Å². The minimum atomic E-state index is 0. The number of nitrogens with two attached hydrogens (primary N) is 1. The van der Waals surface area contributed by atoms with Crippen molar-refractivity contribution in [1.29, 1.82) is 0 Å². The predicted molar refractivity (Wildman–Crippen MR) is 53.8 cm³/mol. The van der Waals surface area contributed by atoms with E-state index in [1.807, 2.05) is 0 Å². The largest absolute Gasteiger partial charge is 0.327 e. The maximum atomic E-state index is 5.93. The number of halogens is 1. The molecule has 2 unspecified atom stereocenters. The molecule has 0 saturated heterocycles. The van der Waals surface area contributed by atoms with Crippen LogP contribution in [0.2, 0.25) is 0 Å². The van der Waals surface area contributed by atoms with E-state index in [2.05, 4.69) is 31.2 Å². The molecule has 0 aliphatic heterocycles. The fourth-order valence-electron chi connectivity index (χ4n) is 1.83. The fraction of sp³-hybridized carbons (Fsp3) is 0.400. The second-order valence-corrected chi connectivity index (χ2v) is 3.36. The van der Waals surface area contributed by atoms with Gasteiger partial charge >= 0.3 is 0 Å². The Morgan fingerprint density at radius 1 is 1.33 bits per heavy atom. The van der Waals surface area contributed by atoms with Crippen LogP contribution in [-0.4, -0.2) is 6.04 Å². The van der Waals surface area contributed by atoms with Gasteiger partial charge in [0.1, 0.15) is 0 Å². The van der Waals surface area contributed by atoms with Gasteiger partial charge in [-0.2, -0.15) is 0 Å². The zero-order chi connectivity index (χ0) is 7.84. The molecule has 0 aromatic heterocycles. The fourth-order valence-corrected chi connectivity index (χ4v) is 1.83. The molecule has 0 radical (unpaired) electrons. The normalized spacial score (nSPS) is 26.2. The SMILES string of the molecule is CC1c2ccccc2CC1N.Cl. The highest BCUT2D eigenvalue weighted by Gasteiger charge is 2.24. The maximum absolute atomic E-state index is 5.93. The average molecular weight is 184 g/mol. The molecule has 66 valence electrons. The molecule has 2 N–H and O–H groups in total. The molecular formula is C10H14ClN. The van der Waals surface area contributed by atoms with Crippen molar-refractivity contribution >= 4 is 12.4 Å². The van der Waals surface area contributed by atoms with E-state index in [0.29, 0.717) is 12.0 Å². The summed E-state index contributed by atoms with van der Waals surface area (Å²) in [6.45, 7) is 2.20. The highest BCUT2D eigenvalue weighted by atomic mass is 35.5. The van der Waals surface area contributed by atoms with Crippen LogP contribution in [0, 0.1) is 0 Å². The van der Waals surface area contributed by atoms with Gasteiger partial charge in [-0.25, -0.2) is 0 Å². The first-order chi connectivity index (χ1) is 5.29. The zero-order valence-corrected chi connectivity index (χ0v) is 7.97. The quantitative estimate of drug-likeness (QED) is 0.655. The predicted octanol–water partition coefficient (Wildman–Crippen LogP) is 2.10. The van der Waals surface area contributed by atoms with Crippen molar-refractivity contribution in [2.24, 2.45) is 5.73 Å². The Bertz CT molecular complexity index is 272. The van der Waals surface area contributed by atoms with Crippen molar-refractivity contribution in [2.75, 3.05) is 0 Å². The lowest BCUT2D eigenvalue weighted by molar-refractivity contribution is 0.615. The van der Waals surface area contributed by atoms with Crippen LogP contribution in [0.5, 0.6) is 0 Å². The molecule has 0 saturated carbocycles. The molecule has 0 fully saturated rings. The van der Waals surface area contributed by atoms with Gasteiger partial charge in [-0.15, -0.1) is 12.4 Å². The molecule has 12 heavy (non-hydrogen) atoms. The number of hydrogen-bond acceptors (Lipinski definition) is 1. The maximum Gasteiger partial charge on any atom is 0.0146 e. The summed E-state index contributed by atoms with van der Waals surface area (Å²) in [6, 6.07) is 8.88. The molecule has 2 rings (SSSR count). The van der Waals surface area contributed by atoms with Crippen molar-refractivity contribution < 1.29 is 0 Å². The molecule has 0 amide bonds. The van der Waals surface area contributed by atoms with Gasteiger partial charge < -0.3 is 5.73 Å². The number of hydrogen-bond donors (Lipinski definition) is 1. The van der Waals surface area contributed by atoms with E-state index in [9.17, 15) is 0 Å². The second kappa shape index (κ2) is 3.46. The minimum Gasteiger partial charge on any atom is -0.327 e. The third-order valence-corrected chi connectivity index (χ3v) is 2.64. The van der Waals surface area contributed by atoms with E-state index in [4.69, 9.17) is 5.73 Å². The summed E-state index contributed by atoms with van der Waals surface area (Å²) in [4.78, 5) is 0. The molecule has 2 heteroatoms. The molecule has 1 aliphatic rings. The Labute approximate surface area is 79.4 Å². The van der Waals surface area contributed by atoms with Gasteiger partial charge in [0, 0.05) is 6.04 Å². The van der Waals surface area contributed by atoms with E-state index in [1.165, 1.54) is 11.1 Å². The standard InChI is InChI=1S/C10H13N.ClH/c1-7-9-5-3-2-4-8(9)6-10(7)11;/h2-5,7,10H,6,11H2,1H3;1H. The average Bonchev–Trinajstić information content (AvgIpc) is 2.30. The second-order valence-electron chi connectivity index (χ2n) is 3.36. The van der Waals surface area contributed by atoms with Gasteiger partial charge in [-0.05, 0) is 23.5 Å². The first kappa shape index (κ1) is 9.56. The summed E-state index contributed by atoms with van der Waals surface area (Å²) >= 11 is 0. The van der Waals surface area contributed by atoms with Crippen molar-refractivity contribution in [2.45, 2.75) is 25.3 Å². The van der Waals surface area contributed by atoms with Crippen LogP contribution in [0.1, 0.15) is 24.0 Å². The van der Waals surface area contributed by atoms with Crippen LogP contribution >= 0.6 is 12.4 Å². The summed E-state index contributed by atoms with van der Waals surface area (Å²) in [5.41, 5.74) is 8.81. The third-order valence-electron chi connectivity index (χ3n) is 2.64. The van der Waals surface area contributed by atoms with Crippen LogP contribution in [-0.2, 0) is 6.42 Å². The smallest absolute Gasteiger partial charge is 0.0146 e. The van der Waals surface area contributed by atoms with E-state index >= 15 is 0 Å². The molecule has 2 atom stereocenters. The number of rotatable bonds is 0. The molecule has 1 nitrogen and oxygen atoms in total. The number of fused-ring (bicyclic) bond motifs is 1. The van der Waals surface area contributed by atoms with Gasteiger partial charge in [0.05, 0.1) is 0 Å². The van der Waals surface area contributed by atoms with Crippen molar-refractivity contribution in [3.8, 4) is 0 Å². The van der Waals surface area contributed by atoms with E-state index in [1.54, 1.807) is 0 Å². The zero-order valence-electron chi connectivity index (χ0n) is 7.16. The Kier molecular flexibility index (Phi) is 2.76. The van der Waals surface area contributed by atoms with Crippen molar-refractivity contribution in [1.82, 2.24) is 0 Å². The molecule has 1 aromatic carbocycles. The minimum absolute atomic E-state index is 0. The summed E-state index contributed by atoms with van der Waals surface area (Å²) in [7, 11) is 0. The summed E-state index contributed by atoms with van der Waals surface area (Å²) in [5.74, 6) is 0.547. The highest BCUT2D eigenvalue weighted by Crippen LogP contribution is 2.30. The topological polar surface area (TPSA) is 26.0 Å². The van der Waals surface area contributed by atoms with Crippen molar-refractivity contribution in [3.63, 3.8) is 0 Å². The van der Waals surface area contributed by atoms with Gasteiger partial charge in [-0.1, -0.05) is 31.2 Å². The first-order valence-electron chi connectivity index (χ1n) is 4.12.